The molecule has 0 radical (unpaired) electrons. The first kappa shape index (κ1) is 51.5. The van der Waals surface area contributed by atoms with Crippen molar-refractivity contribution in [2.45, 2.75) is 240 Å². The summed E-state index contributed by atoms with van der Waals surface area (Å²) in [7, 11) is 0. The number of carbonyl (C=O) groups is 1. The van der Waals surface area contributed by atoms with Crippen molar-refractivity contribution in [3.8, 4) is 0 Å². The van der Waals surface area contributed by atoms with E-state index < -0.39 is 0 Å². The second-order valence-corrected chi connectivity index (χ2v) is 15.1. The zero-order valence-electron chi connectivity index (χ0n) is 35.0. The zero-order valence-corrected chi connectivity index (χ0v) is 35.0. The van der Waals surface area contributed by atoms with Gasteiger partial charge in [-0.2, -0.15) is 0 Å². The lowest BCUT2D eigenvalue weighted by Gasteiger charge is -2.21. The van der Waals surface area contributed by atoms with E-state index in [2.05, 4.69) is 25.7 Å². The van der Waals surface area contributed by atoms with Gasteiger partial charge in [0.2, 0.25) is 0 Å². The molecule has 302 valence electrons. The molecule has 0 aromatic rings. The maximum atomic E-state index is 10.5. The third-order valence-electron chi connectivity index (χ3n) is 10.3. The topological polar surface area (TPSA) is 59.0 Å². The highest BCUT2D eigenvalue weighted by Gasteiger charge is 2.10. The van der Waals surface area contributed by atoms with E-state index in [1.54, 1.807) is 0 Å². The summed E-state index contributed by atoms with van der Waals surface area (Å²) in [5.41, 5.74) is 0. The molecule has 0 amide bonds. The Bertz CT molecular complexity index is 586. The van der Waals surface area contributed by atoms with Crippen LogP contribution in [-0.2, 0) is 14.3 Å². The second kappa shape index (κ2) is 46.4. The van der Waals surface area contributed by atoms with Crippen molar-refractivity contribution in [3.63, 3.8) is 0 Å². The van der Waals surface area contributed by atoms with Crippen LogP contribution in [0.25, 0.3) is 0 Å². The van der Waals surface area contributed by atoms with Crippen molar-refractivity contribution >= 4 is 6.47 Å². The van der Waals surface area contributed by atoms with E-state index in [0.29, 0.717) is 6.47 Å². The van der Waals surface area contributed by atoms with Gasteiger partial charge in [0.25, 0.3) is 6.47 Å². The highest BCUT2D eigenvalue weighted by atomic mass is 16.5. The summed E-state index contributed by atoms with van der Waals surface area (Å²) < 4.78 is 11.0. The Morgan fingerprint density at radius 3 is 1.42 bits per heavy atom. The van der Waals surface area contributed by atoms with Crippen LogP contribution in [0.2, 0.25) is 0 Å². The lowest BCUT2D eigenvalue weighted by molar-refractivity contribution is -0.134. The number of ether oxygens (including phenoxy) is 2. The van der Waals surface area contributed by atoms with Crippen LogP contribution in [0.15, 0.2) is 0 Å². The summed E-state index contributed by atoms with van der Waals surface area (Å²) in [5.74, 6) is 0.924. The molecule has 0 aliphatic heterocycles. The van der Waals surface area contributed by atoms with E-state index in [0.717, 1.165) is 58.0 Å². The molecule has 1 N–H and O–H groups in total. The SMILES string of the molecule is CC.CC1CCCCCCCC(OC=O)CCCCCCC1.CCCCCCCCCCCCOCCCN(CCO)CCCCCCCC. The third kappa shape index (κ3) is 41.8. The number of hydrogen-bond donors (Lipinski definition) is 1. The van der Waals surface area contributed by atoms with E-state index >= 15 is 0 Å². The average Bonchev–Trinajstić information content (AvgIpc) is 3.12. The summed E-state index contributed by atoms with van der Waals surface area (Å²) in [6, 6.07) is 0. The molecule has 1 fully saturated rings. The molecular formula is C45H93NO4. The third-order valence-corrected chi connectivity index (χ3v) is 10.3. The normalized spacial score (nSPS) is 18.1. The van der Waals surface area contributed by atoms with Crippen molar-refractivity contribution < 1.29 is 19.4 Å². The summed E-state index contributed by atoms with van der Waals surface area (Å²) in [6.07, 6.45) is 41.3. The first-order chi connectivity index (χ1) is 24.7. The molecule has 1 aliphatic rings. The molecule has 1 saturated carbocycles. The Kier molecular flexibility index (Phi) is 47.7. The van der Waals surface area contributed by atoms with Gasteiger partial charge in [-0.3, -0.25) is 4.79 Å². The molecule has 1 aliphatic carbocycles. The Morgan fingerprint density at radius 2 is 0.940 bits per heavy atom. The summed E-state index contributed by atoms with van der Waals surface area (Å²) in [4.78, 5) is 12.9. The van der Waals surface area contributed by atoms with E-state index in [1.807, 2.05) is 13.8 Å². The minimum atomic E-state index is 0.181. The Balaban J connectivity index is 0. The van der Waals surface area contributed by atoms with Gasteiger partial charge >= 0.3 is 0 Å². The molecule has 0 heterocycles. The molecule has 5 heteroatoms. The van der Waals surface area contributed by atoms with Crippen LogP contribution in [0.5, 0.6) is 0 Å². The molecule has 0 bridgehead atoms. The predicted molar refractivity (Wildman–Crippen MR) is 220 cm³/mol. The summed E-state index contributed by atoms with van der Waals surface area (Å²) >= 11 is 0. The fourth-order valence-corrected chi connectivity index (χ4v) is 7.07. The van der Waals surface area contributed by atoms with Gasteiger partial charge in [0.1, 0.15) is 6.10 Å². The first-order valence-electron chi connectivity index (χ1n) is 22.7. The van der Waals surface area contributed by atoms with E-state index in [1.165, 1.54) is 180 Å². The van der Waals surface area contributed by atoms with Crippen LogP contribution in [0, 0.1) is 5.92 Å². The monoisotopic (exact) mass is 712 g/mol. The van der Waals surface area contributed by atoms with E-state index in [9.17, 15) is 9.90 Å². The van der Waals surface area contributed by atoms with E-state index in [4.69, 9.17) is 9.47 Å². The van der Waals surface area contributed by atoms with Crippen LogP contribution in [0.4, 0.5) is 0 Å². The minimum absolute atomic E-state index is 0.181. The Labute approximate surface area is 315 Å². The molecule has 1 rings (SSSR count). The van der Waals surface area contributed by atoms with Gasteiger partial charge in [0, 0.05) is 26.3 Å². The van der Waals surface area contributed by atoms with Crippen molar-refractivity contribution in [1.82, 2.24) is 4.90 Å². The second-order valence-electron chi connectivity index (χ2n) is 15.1. The Morgan fingerprint density at radius 1 is 0.540 bits per heavy atom. The Hall–Kier alpha value is -0.650. The van der Waals surface area contributed by atoms with Gasteiger partial charge in [-0.05, 0) is 57.4 Å². The van der Waals surface area contributed by atoms with Gasteiger partial charge in [-0.15, -0.1) is 0 Å². The molecule has 0 aromatic heterocycles. The molecule has 0 unspecified atom stereocenters. The average molecular weight is 712 g/mol. The van der Waals surface area contributed by atoms with Gasteiger partial charge in [-0.25, -0.2) is 0 Å². The number of unbranched alkanes of at least 4 members (excludes halogenated alkanes) is 14. The fraction of sp³-hybridized carbons (Fsp3) is 0.978. The number of aliphatic hydroxyl groups is 1. The van der Waals surface area contributed by atoms with Gasteiger partial charge in [-0.1, -0.05) is 189 Å². The van der Waals surface area contributed by atoms with Crippen LogP contribution in [-0.4, -0.2) is 62.0 Å². The van der Waals surface area contributed by atoms with Crippen LogP contribution < -0.4 is 0 Å². The zero-order chi connectivity index (χ0) is 37.0. The molecule has 50 heavy (non-hydrogen) atoms. The molecule has 0 saturated heterocycles. The number of hydrogen-bond acceptors (Lipinski definition) is 5. The van der Waals surface area contributed by atoms with Crippen molar-refractivity contribution in [3.05, 3.63) is 0 Å². The molecule has 0 atom stereocenters. The largest absolute Gasteiger partial charge is 0.465 e. The van der Waals surface area contributed by atoms with Crippen LogP contribution >= 0.6 is 0 Å². The lowest BCUT2D eigenvalue weighted by Crippen LogP contribution is -2.29. The first-order valence-corrected chi connectivity index (χ1v) is 22.7. The number of aliphatic hydroxyl groups excluding tert-OH is 1. The molecule has 0 aromatic carbocycles. The molecule has 5 nitrogen and oxygen atoms in total. The minimum Gasteiger partial charge on any atom is -0.465 e. The highest BCUT2D eigenvalue weighted by Crippen LogP contribution is 2.21. The van der Waals surface area contributed by atoms with Crippen molar-refractivity contribution in [2.75, 3.05) is 39.5 Å². The molecular weight excluding hydrogens is 618 g/mol. The van der Waals surface area contributed by atoms with Crippen LogP contribution in [0.1, 0.15) is 234 Å². The van der Waals surface area contributed by atoms with Crippen LogP contribution in [0.3, 0.4) is 0 Å². The van der Waals surface area contributed by atoms with Gasteiger partial charge in [0.05, 0.1) is 6.61 Å². The smallest absolute Gasteiger partial charge is 0.293 e. The maximum absolute atomic E-state index is 10.5. The molecule has 0 spiro atoms. The highest BCUT2D eigenvalue weighted by molar-refractivity contribution is 5.37. The maximum Gasteiger partial charge on any atom is 0.293 e. The van der Waals surface area contributed by atoms with Crippen molar-refractivity contribution in [1.29, 1.82) is 0 Å². The van der Waals surface area contributed by atoms with Gasteiger partial charge < -0.3 is 19.5 Å². The summed E-state index contributed by atoms with van der Waals surface area (Å²) in [5, 5.41) is 9.25. The fourth-order valence-electron chi connectivity index (χ4n) is 7.07. The van der Waals surface area contributed by atoms with Crippen molar-refractivity contribution in [2.24, 2.45) is 5.92 Å². The number of rotatable bonds is 26. The summed E-state index contributed by atoms with van der Waals surface area (Å²) in [6.45, 7) is 16.7. The predicted octanol–water partition coefficient (Wildman–Crippen LogP) is 13.6. The number of nitrogens with zero attached hydrogens (tertiary/aromatic N) is 1. The van der Waals surface area contributed by atoms with Gasteiger partial charge in [0.15, 0.2) is 0 Å². The standard InChI is InChI=1S/C25H53NO2.C18H34O2.C2H6/c1-3-5-7-9-11-12-13-14-16-18-24-28-25-19-21-26(22-23-27)20-17-15-10-8-6-4-2;1-17-12-8-4-2-6-10-14-18(20-16-19)15-11-7-3-5-9-13-17;1-2/h27H,3-25H2,1-2H3;16-18H,2-15H2,1H3;1-2H3. The quantitative estimate of drug-likeness (QED) is 0.0715. The lowest BCUT2D eigenvalue weighted by atomic mass is 9.95. The van der Waals surface area contributed by atoms with E-state index in [-0.39, 0.29) is 12.7 Å². The number of carbonyl (C=O) groups excluding carboxylic acids is 1.